The van der Waals surface area contributed by atoms with Gasteiger partial charge in [-0.1, -0.05) is 0 Å². The molecule has 5 rings (SSSR count). The lowest BCUT2D eigenvalue weighted by atomic mass is 10.1. The number of aromatic amines is 1. The number of hydrogen-bond donors (Lipinski definition) is 2. The van der Waals surface area contributed by atoms with Crippen LogP contribution < -0.4 is 15.4 Å². The highest BCUT2D eigenvalue weighted by Gasteiger charge is 2.27. The lowest BCUT2D eigenvalue weighted by Crippen LogP contribution is -2.39. The van der Waals surface area contributed by atoms with Crippen LogP contribution in [-0.2, 0) is 9.84 Å². The van der Waals surface area contributed by atoms with Gasteiger partial charge in [0.15, 0.2) is 6.23 Å². The number of hydrogen-bond acceptors (Lipinski definition) is 9. The molecule has 10 nitrogen and oxygen atoms in total. The van der Waals surface area contributed by atoms with Crippen LogP contribution in [0.2, 0.25) is 0 Å². The van der Waals surface area contributed by atoms with E-state index in [0.717, 1.165) is 44.8 Å². The number of fused-ring (bicyclic) bond motifs is 1. The Bertz CT molecular complexity index is 1470. The van der Waals surface area contributed by atoms with Gasteiger partial charge in [-0.2, -0.15) is 15.3 Å². The first kappa shape index (κ1) is 24.1. The van der Waals surface area contributed by atoms with E-state index in [4.69, 9.17) is 10.5 Å². The second-order valence-corrected chi connectivity index (χ2v) is 11.6. The molecule has 0 bridgehead atoms. The Morgan fingerprint density at radius 2 is 1.92 bits per heavy atom. The SMILES string of the molecule is Cc1cnnc(C)c1[C@@H](N)Oc1ccc2[nH]nc(-c3ccc(N4CCC(S(C)(=O)=O)CC4)nc3)c2c1. The second kappa shape index (κ2) is 9.47. The quantitative estimate of drug-likeness (QED) is 0.377. The van der Waals surface area contributed by atoms with Crippen LogP contribution in [0.3, 0.4) is 0 Å². The summed E-state index contributed by atoms with van der Waals surface area (Å²) in [5, 5.41) is 16.2. The fourth-order valence-electron chi connectivity index (χ4n) is 4.76. The molecule has 4 aromatic rings. The maximum atomic E-state index is 11.8. The molecule has 188 valence electrons. The third-order valence-corrected chi connectivity index (χ3v) is 8.43. The Balaban J connectivity index is 1.35. The first-order valence-corrected chi connectivity index (χ1v) is 13.8. The zero-order chi connectivity index (χ0) is 25.4. The first-order valence-electron chi connectivity index (χ1n) is 11.8. The number of aryl methyl sites for hydroxylation is 2. The summed E-state index contributed by atoms with van der Waals surface area (Å²) in [5.41, 5.74) is 11.3. The Morgan fingerprint density at radius 3 is 2.58 bits per heavy atom. The molecule has 0 radical (unpaired) electrons. The lowest BCUT2D eigenvalue weighted by molar-refractivity contribution is 0.212. The molecule has 1 aromatic carbocycles. The van der Waals surface area contributed by atoms with Crippen molar-refractivity contribution in [1.29, 1.82) is 0 Å². The van der Waals surface area contributed by atoms with Gasteiger partial charge in [0.1, 0.15) is 27.1 Å². The Hall–Kier alpha value is -3.57. The molecule has 3 aromatic heterocycles. The van der Waals surface area contributed by atoms with Crippen LogP contribution in [0.4, 0.5) is 5.82 Å². The minimum atomic E-state index is -3.00. The molecule has 0 saturated carbocycles. The molecule has 3 N–H and O–H groups in total. The molecular weight excluding hydrogens is 478 g/mol. The van der Waals surface area contributed by atoms with E-state index in [9.17, 15) is 8.42 Å². The molecule has 1 atom stereocenters. The number of nitrogens with zero attached hydrogens (tertiary/aromatic N) is 5. The van der Waals surface area contributed by atoms with Crippen LogP contribution in [0.25, 0.3) is 22.2 Å². The van der Waals surface area contributed by atoms with Crippen molar-refractivity contribution in [3.8, 4) is 17.0 Å². The molecule has 1 aliphatic rings. The molecule has 11 heteroatoms. The second-order valence-electron chi connectivity index (χ2n) is 9.27. The van der Waals surface area contributed by atoms with Crippen LogP contribution >= 0.6 is 0 Å². The third kappa shape index (κ3) is 4.76. The number of ether oxygens (including phenoxy) is 1. The highest BCUT2D eigenvalue weighted by molar-refractivity contribution is 7.91. The van der Waals surface area contributed by atoms with Gasteiger partial charge >= 0.3 is 0 Å². The highest BCUT2D eigenvalue weighted by atomic mass is 32.2. The van der Waals surface area contributed by atoms with Gasteiger partial charge in [0, 0.05) is 42.1 Å². The van der Waals surface area contributed by atoms with Gasteiger partial charge in [-0.25, -0.2) is 13.4 Å². The van der Waals surface area contributed by atoms with Gasteiger partial charge in [-0.15, -0.1) is 0 Å². The Kier molecular flexibility index (Phi) is 6.35. The van der Waals surface area contributed by atoms with Crippen LogP contribution in [0.15, 0.2) is 42.7 Å². The molecule has 36 heavy (non-hydrogen) atoms. The fourth-order valence-corrected chi connectivity index (χ4v) is 5.83. The number of nitrogens with one attached hydrogen (secondary N) is 1. The number of piperidine rings is 1. The smallest absolute Gasteiger partial charge is 0.176 e. The van der Waals surface area contributed by atoms with Gasteiger partial charge in [-0.05, 0) is 62.6 Å². The Morgan fingerprint density at radius 1 is 1.14 bits per heavy atom. The van der Waals surface area contributed by atoms with E-state index in [2.05, 4.69) is 30.3 Å². The van der Waals surface area contributed by atoms with Crippen molar-refractivity contribution < 1.29 is 13.2 Å². The summed E-state index contributed by atoms with van der Waals surface area (Å²) in [6.07, 6.45) is 5.34. The van der Waals surface area contributed by atoms with Crippen molar-refractivity contribution in [2.45, 2.75) is 38.2 Å². The lowest BCUT2D eigenvalue weighted by Gasteiger charge is -2.31. The van der Waals surface area contributed by atoms with Crippen molar-refractivity contribution >= 4 is 26.6 Å². The fraction of sp³-hybridized carbons (Fsp3) is 0.360. The van der Waals surface area contributed by atoms with E-state index in [1.54, 1.807) is 12.4 Å². The number of benzene rings is 1. The summed E-state index contributed by atoms with van der Waals surface area (Å²) in [5.74, 6) is 1.45. The third-order valence-electron chi connectivity index (χ3n) is 6.75. The summed E-state index contributed by atoms with van der Waals surface area (Å²) in [6, 6.07) is 9.61. The number of nitrogens with two attached hydrogens (primary N) is 1. The van der Waals surface area contributed by atoms with Crippen LogP contribution in [0, 0.1) is 13.8 Å². The molecule has 1 fully saturated rings. The van der Waals surface area contributed by atoms with Crippen molar-refractivity contribution in [1.82, 2.24) is 25.4 Å². The molecule has 0 spiro atoms. The number of H-pyrrole nitrogens is 1. The molecule has 0 unspecified atom stereocenters. The van der Waals surface area contributed by atoms with Gasteiger partial charge in [0.05, 0.1) is 22.7 Å². The molecule has 0 amide bonds. The first-order chi connectivity index (χ1) is 17.2. The van der Waals surface area contributed by atoms with Crippen molar-refractivity contribution in [2.75, 3.05) is 24.2 Å². The molecule has 1 aliphatic heterocycles. The summed E-state index contributed by atoms with van der Waals surface area (Å²) in [6.45, 7) is 5.13. The maximum absolute atomic E-state index is 11.8. The molecule has 1 saturated heterocycles. The summed E-state index contributed by atoms with van der Waals surface area (Å²) in [7, 11) is -3.00. The average Bonchev–Trinajstić information content (AvgIpc) is 3.27. The van der Waals surface area contributed by atoms with E-state index in [1.807, 2.05) is 44.2 Å². The van der Waals surface area contributed by atoms with Gasteiger partial charge in [-0.3, -0.25) is 10.8 Å². The standard InChI is InChI=1S/C25H29N7O3S/c1-15-13-28-29-16(2)23(15)25(26)35-18-5-6-21-20(12-18)24(31-30-21)17-4-7-22(27-14-17)32-10-8-19(9-11-32)36(3,33)34/h4-7,12-14,19,25H,8-11,26H2,1-3H3,(H,30,31)/t25-/m0/s1. The summed E-state index contributed by atoms with van der Waals surface area (Å²) >= 11 is 0. The number of anilines is 1. The van der Waals surface area contributed by atoms with Crippen LogP contribution in [0.5, 0.6) is 5.75 Å². The molecule has 0 aliphatic carbocycles. The largest absolute Gasteiger partial charge is 0.471 e. The summed E-state index contributed by atoms with van der Waals surface area (Å²) in [4.78, 5) is 6.77. The summed E-state index contributed by atoms with van der Waals surface area (Å²) < 4.78 is 29.7. The highest BCUT2D eigenvalue weighted by Crippen LogP contribution is 2.32. The predicted molar refractivity (Wildman–Crippen MR) is 138 cm³/mol. The number of rotatable bonds is 6. The van der Waals surface area contributed by atoms with Gasteiger partial charge < -0.3 is 9.64 Å². The monoisotopic (exact) mass is 507 g/mol. The van der Waals surface area contributed by atoms with E-state index in [-0.39, 0.29) is 5.25 Å². The maximum Gasteiger partial charge on any atom is 0.176 e. The normalized spacial score (nSPS) is 15.8. The topological polar surface area (TPSA) is 140 Å². The van der Waals surface area contributed by atoms with E-state index in [1.165, 1.54) is 6.26 Å². The zero-order valence-corrected chi connectivity index (χ0v) is 21.3. The predicted octanol–water partition coefficient (Wildman–Crippen LogP) is 3.08. The number of sulfone groups is 1. The Labute approximate surface area is 209 Å². The minimum Gasteiger partial charge on any atom is -0.471 e. The molecule has 4 heterocycles. The van der Waals surface area contributed by atoms with Gasteiger partial charge in [0.25, 0.3) is 0 Å². The number of aromatic nitrogens is 5. The molecular formula is C25H29N7O3S. The average molecular weight is 508 g/mol. The van der Waals surface area contributed by atoms with Crippen LogP contribution in [0.1, 0.15) is 35.9 Å². The van der Waals surface area contributed by atoms with E-state index < -0.39 is 16.1 Å². The van der Waals surface area contributed by atoms with Gasteiger partial charge in [0.2, 0.25) is 0 Å². The van der Waals surface area contributed by atoms with Crippen molar-refractivity contribution in [3.05, 3.63) is 59.5 Å². The zero-order valence-electron chi connectivity index (χ0n) is 20.5. The van der Waals surface area contributed by atoms with Crippen LogP contribution in [-0.4, -0.2) is 58.4 Å². The van der Waals surface area contributed by atoms with E-state index in [0.29, 0.717) is 31.7 Å². The van der Waals surface area contributed by atoms with Crippen molar-refractivity contribution in [2.24, 2.45) is 5.73 Å². The van der Waals surface area contributed by atoms with Crippen molar-refractivity contribution in [3.63, 3.8) is 0 Å². The van der Waals surface area contributed by atoms with E-state index >= 15 is 0 Å². The minimum absolute atomic E-state index is 0.268. The number of pyridine rings is 1.